The number of ether oxygens (including phenoxy) is 1. The van der Waals surface area contributed by atoms with Gasteiger partial charge in [-0.1, -0.05) is 23.4 Å². The van der Waals surface area contributed by atoms with Gasteiger partial charge in [0.05, 0.1) is 21.6 Å². The largest absolute Gasteiger partial charge is 0.385 e. The second-order valence-electron chi connectivity index (χ2n) is 5.51. The number of fused-ring (bicyclic) bond motifs is 1. The van der Waals surface area contributed by atoms with Gasteiger partial charge in [-0.15, -0.1) is 11.3 Å². The summed E-state index contributed by atoms with van der Waals surface area (Å²) in [5.74, 6) is 0.674. The average molecular weight is 396 g/mol. The molecule has 0 N–H and O–H groups in total. The number of thioether (sulfide) groups is 1. The molecule has 0 aliphatic carbocycles. The van der Waals surface area contributed by atoms with Crippen molar-refractivity contribution in [2.24, 2.45) is 0 Å². The Bertz CT molecular complexity index is 939. The highest BCUT2D eigenvalue weighted by Gasteiger charge is 2.13. The van der Waals surface area contributed by atoms with Gasteiger partial charge in [0, 0.05) is 36.4 Å². The minimum atomic E-state index is -0.0465. The monoisotopic (exact) mass is 395 g/mol. The van der Waals surface area contributed by atoms with Crippen LogP contribution in [0.3, 0.4) is 0 Å². The molecule has 5 nitrogen and oxygen atoms in total. The van der Waals surface area contributed by atoms with E-state index in [1.54, 1.807) is 41.2 Å². The SMILES string of the molecule is COCCCn1c(SCc2csc(C)n2)nc2cc(Cl)ccc2c1=O. The molecule has 1 aromatic carbocycles. The van der Waals surface area contributed by atoms with E-state index in [4.69, 9.17) is 16.3 Å². The van der Waals surface area contributed by atoms with Crippen molar-refractivity contribution in [2.45, 2.75) is 30.8 Å². The highest BCUT2D eigenvalue weighted by molar-refractivity contribution is 7.98. The van der Waals surface area contributed by atoms with Gasteiger partial charge in [-0.25, -0.2) is 9.97 Å². The standard InChI is InChI=1S/C17H18ClN3O2S2/c1-11-19-13(9-24-11)10-25-17-20-15-8-12(18)4-5-14(15)16(22)21(17)6-3-7-23-2/h4-5,8-9H,3,6-7,10H2,1-2H3. The van der Waals surface area contributed by atoms with Gasteiger partial charge in [-0.3, -0.25) is 9.36 Å². The molecule has 0 spiro atoms. The zero-order valence-electron chi connectivity index (χ0n) is 14.0. The predicted molar refractivity (Wildman–Crippen MR) is 104 cm³/mol. The van der Waals surface area contributed by atoms with Crippen LogP contribution in [0.1, 0.15) is 17.1 Å². The van der Waals surface area contributed by atoms with Gasteiger partial charge in [-0.2, -0.15) is 0 Å². The molecule has 0 atom stereocenters. The quantitative estimate of drug-likeness (QED) is 0.342. The molecule has 0 aliphatic rings. The third-order valence-electron chi connectivity index (χ3n) is 3.63. The first kappa shape index (κ1) is 18.4. The molecule has 0 unspecified atom stereocenters. The fourth-order valence-electron chi connectivity index (χ4n) is 2.46. The zero-order chi connectivity index (χ0) is 17.8. The lowest BCUT2D eigenvalue weighted by molar-refractivity contribution is 0.189. The second-order valence-corrected chi connectivity index (χ2v) is 7.95. The first-order chi connectivity index (χ1) is 12.1. The molecule has 8 heteroatoms. The first-order valence-electron chi connectivity index (χ1n) is 7.81. The van der Waals surface area contributed by atoms with Crippen molar-refractivity contribution < 1.29 is 4.74 Å². The molecule has 3 rings (SSSR count). The van der Waals surface area contributed by atoms with Crippen LogP contribution in [0, 0.1) is 6.92 Å². The molecule has 0 amide bonds. The molecule has 25 heavy (non-hydrogen) atoms. The van der Waals surface area contributed by atoms with E-state index in [1.807, 2.05) is 12.3 Å². The number of halogens is 1. The molecule has 2 heterocycles. The zero-order valence-corrected chi connectivity index (χ0v) is 16.4. The molecular weight excluding hydrogens is 378 g/mol. The Morgan fingerprint density at radius 2 is 2.20 bits per heavy atom. The number of methoxy groups -OCH3 is 1. The predicted octanol–water partition coefficient (Wildman–Crippen LogP) is 4.14. The molecule has 0 fully saturated rings. The van der Waals surface area contributed by atoms with Crippen LogP contribution in [0.15, 0.2) is 33.5 Å². The maximum absolute atomic E-state index is 12.9. The number of thiazole rings is 1. The van der Waals surface area contributed by atoms with Crippen molar-refractivity contribution in [3.05, 3.63) is 49.7 Å². The van der Waals surface area contributed by atoms with Crippen LogP contribution < -0.4 is 5.56 Å². The Hall–Kier alpha value is -1.41. The van der Waals surface area contributed by atoms with E-state index >= 15 is 0 Å². The Balaban J connectivity index is 1.97. The number of aromatic nitrogens is 3. The number of aryl methyl sites for hydroxylation is 1. The van der Waals surface area contributed by atoms with E-state index in [9.17, 15) is 4.79 Å². The highest BCUT2D eigenvalue weighted by atomic mass is 35.5. The van der Waals surface area contributed by atoms with E-state index in [1.165, 1.54) is 11.8 Å². The summed E-state index contributed by atoms with van der Waals surface area (Å²) in [6, 6.07) is 5.18. The molecular formula is C17H18ClN3O2S2. The molecule has 0 bridgehead atoms. The summed E-state index contributed by atoms with van der Waals surface area (Å²) in [6.45, 7) is 3.15. The van der Waals surface area contributed by atoms with Gasteiger partial charge in [0.2, 0.25) is 0 Å². The summed E-state index contributed by atoms with van der Waals surface area (Å²) in [7, 11) is 1.66. The number of benzene rings is 1. The maximum atomic E-state index is 12.9. The molecule has 3 aromatic rings. The lowest BCUT2D eigenvalue weighted by Crippen LogP contribution is -2.24. The van der Waals surface area contributed by atoms with E-state index in [2.05, 4.69) is 9.97 Å². The third kappa shape index (κ3) is 4.41. The van der Waals surface area contributed by atoms with Gasteiger partial charge in [0.15, 0.2) is 5.16 Å². The lowest BCUT2D eigenvalue weighted by Gasteiger charge is -2.12. The van der Waals surface area contributed by atoms with Crippen LogP contribution in [0.2, 0.25) is 5.02 Å². The summed E-state index contributed by atoms with van der Waals surface area (Å²) in [4.78, 5) is 22.0. The fourth-order valence-corrected chi connectivity index (χ4v) is 4.26. The van der Waals surface area contributed by atoms with Gasteiger partial charge < -0.3 is 4.74 Å². The second kappa shape index (κ2) is 8.31. The van der Waals surface area contributed by atoms with Gasteiger partial charge in [-0.05, 0) is 31.5 Å². The van der Waals surface area contributed by atoms with Crippen molar-refractivity contribution in [1.29, 1.82) is 0 Å². The minimum Gasteiger partial charge on any atom is -0.385 e. The number of hydrogen-bond donors (Lipinski definition) is 0. The summed E-state index contributed by atoms with van der Waals surface area (Å²) in [5.41, 5.74) is 1.57. The molecule has 0 aliphatic heterocycles. The number of rotatable bonds is 7. The molecule has 0 radical (unpaired) electrons. The minimum absolute atomic E-state index is 0.0465. The van der Waals surface area contributed by atoms with Crippen LogP contribution in [0.25, 0.3) is 10.9 Å². The Labute approximate surface area is 159 Å². The van der Waals surface area contributed by atoms with Crippen molar-refractivity contribution in [1.82, 2.24) is 14.5 Å². The highest BCUT2D eigenvalue weighted by Crippen LogP contribution is 2.24. The molecule has 2 aromatic heterocycles. The maximum Gasteiger partial charge on any atom is 0.262 e. The normalized spacial score (nSPS) is 11.3. The summed E-state index contributed by atoms with van der Waals surface area (Å²) in [6.07, 6.45) is 0.751. The fraction of sp³-hybridized carbons (Fsp3) is 0.353. The van der Waals surface area contributed by atoms with Crippen LogP contribution in [-0.2, 0) is 17.0 Å². The Morgan fingerprint density at radius 3 is 2.92 bits per heavy atom. The smallest absolute Gasteiger partial charge is 0.262 e. The van der Waals surface area contributed by atoms with E-state index < -0.39 is 0 Å². The van der Waals surface area contributed by atoms with Crippen molar-refractivity contribution in [2.75, 3.05) is 13.7 Å². The Morgan fingerprint density at radius 1 is 1.36 bits per heavy atom. The Kier molecular flexibility index (Phi) is 6.11. The van der Waals surface area contributed by atoms with E-state index in [0.29, 0.717) is 40.0 Å². The van der Waals surface area contributed by atoms with Crippen LogP contribution in [0.5, 0.6) is 0 Å². The van der Waals surface area contributed by atoms with Crippen LogP contribution in [-0.4, -0.2) is 28.3 Å². The summed E-state index contributed by atoms with van der Waals surface area (Å²) >= 11 is 9.20. The van der Waals surface area contributed by atoms with E-state index in [-0.39, 0.29) is 5.56 Å². The number of nitrogens with zero attached hydrogens (tertiary/aromatic N) is 3. The van der Waals surface area contributed by atoms with Crippen molar-refractivity contribution >= 4 is 45.6 Å². The summed E-state index contributed by atoms with van der Waals surface area (Å²) < 4.78 is 6.83. The lowest BCUT2D eigenvalue weighted by atomic mass is 10.2. The van der Waals surface area contributed by atoms with Crippen LogP contribution in [0.4, 0.5) is 0 Å². The third-order valence-corrected chi connectivity index (χ3v) is 5.70. The van der Waals surface area contributed by atoms with Crippen molar-refractivity contribution in [3.8, 4) is 0 Å². The summed E-state index contributed by atoms with van der Waals surface area (Å²) in [5, 5.41) is 4.90. The molecule has 0 saturated heterocycles. The first-order valence-corrected chi connectivity index (χ1v) is 10.1. The molecule has 0 saturated carbocycles. The van der Waals surface area contributed by atoms with Gasteiger partial charge in [0.1, 0.15) is 0 Å². The topological polar surface area (TPSA) is 57.0 Å². The van der Waals surface area contributed by atoms with Crippen LogP contribution >= 0.6 is 34.7 Å². The number of hydrogen-bond acceptors (Lipinski definition) is 6. The van der Waals surface area contributed by atoms with Gasteiger partial charge in [0.25, 0.3) is 5.56 Å². The van der Waals surface area contributed by atoms with E-state index in [0.717, 1.165) is 17.1 Å². The van der Waals surface area contributed by atoms with Gasteiger partial charge >= 0.3 is 0 Å². The average Bonchev–Trinajstić information content (AvgIpc) is 3.00. The molecule has 132 valence electrons. The van der Waals surface area contributed by atoms with Crippen molar-refractivity contribution in [3.63, 3.8) is 0 Å².